The number of benzene rings is 1. The highest BCUT2D eigenvalue weighted by atomic mass is 16.3. The second-order valence-corrected chi connectivity index (χ2v) is 4.13. The van der Waals surface area contributed by atoms with Crippen molar-refractivity contribution in [1.82, 2.24) is 0 Å². The molecule has 0 radical (unpaired) electrons. The Hall–Kier alpha value is -0.980. The van der Waals surface area contributed by atoms with E-state index in [1.165, 1.54) is 5.56 Å². The zero-order valence-electron chi connectivity index (χ0n) is 8.83. The molecule has 0 heterocycles. The molecule has 0 spiro atoms. The molecule has 0 saturated carbocycles. The van der Waals surface area contributed by atoms with Gasteiger partial charge < -0.3 is 5.11 Å². The van der Waals surface area contributed by atoms with Crippen LogP contribution < -0.4 is 0 Å². The van der Waals surface area contributed by atoms with E-state index in [1.54, 1.807) is 0 Å². The van der Waals surface area contributed by atoms with E-state index in [2.05, 4.69) is 33.8 Å². The third-order valence-corrected chi connectivity index (χ3v) is 2.34. The minimum Gasteiger partial charge on any atom is -0.508 e. The zero-order valence-corrected chi connectivity index (χ0v) is 8.83. The number of phenolic OH excluding ortho intramolecular Hbond substituents is 1. The second kappa shape index (κ2) is 3.82. The van der Waals surface area contributed by atoms with Crippen LogP contribution in [-0.4, -0.2) is 5.11 Å². The lowest BCUT2D eigenvalue weighted by Crippen LogP contribution is -1.92. The van der Waals surface area contributed by atoms with Crippen LogP contribution in [0.25, 0.3) is 0 Å². The molecular weight excluding hydrogens is 160 g/mol. The van der Waals surface area contributed by atoms with Gasteiger partial charge in [0, 0.05) is 0 Å². The summed E-state index contributed by atoms with van der Waals surface area (Å²) >= 11 is 0. The number of phenols is 1. The van der Waals surface area contributed by atoms with Crippen LogP contribution in [0.1, 0.15) is 50.7 Å². The van der Waals surface area contributed by atoms with Gasteiger partial charge in [0.1, 0.15) is 5.75 Å². The Bertz CT molecular complexity index is 287. The maximum absolute atomic E-state index is 9.71. The van der Waals surface area contributed by atoms with Crippen LogP contribution in [0.4, 0.5) is 0 Å². The van der Waals surface area contributed by atoms with E-state index < -0.39 is 0 Å². The predicted molar refractivity (Wildman–Crippen MR) is 56.3 cm³/mol. The summed E-state index contributed by atoms with van der Waals surface area (Å²) in [6.45, 7) is 8.43. The summed E-state index contributed by atoms with van der Waals surface area (Å²) in [6.07, 6.45) is 0. The first kappa shape index (κ1) is 10.1. The molecule has 1 aromatic carbocycles. The SMILES string of the molecule is CC(C)c1ccc(C(C)C)c(O)c1. The van der Waals surface area contributed by atoms with Gasteiger partial charge in [-0.25, -0.2) is 0 Å². The lowest BCUT2D eigenvalue weighted by Gasteiger charge is -2.11. The van der Waals surface area contributed by atoms with E-state index in [0.717, 1.165) is 5.56 Å². The standard InChI is InChI=1S/C12H18O/c1-8(2)10-5-6-11(9(3)4)12(13)7-10/h5-9,13H,1-4H3. The fraction of sp³-hybridized carbons (Fsp3) is 0.500. The first-order chi connectivity index (χ1) is 6.02. The van der Waals surface area contributed by atoms with E-state index in [-0.39, 0.29) is 0 Å². The third kappa shape index (κ3) is 2.24. The Balaban J connectivity index is 3.06. The van der Waals surface area contributed by atoms with Gasteiger partial charge in [-0.2, -0.15) is 0 Å². The normalized spacial score (nSPS) is 11.2. The van der Waals surface area contributed by atoms with Crippen molar-refractivity contribution in [1.29, 1.82) is 0 Å². The molecule has 0 fully saturated rings. The second-order valence-electron chi connectivity index (χ2n) is 4.13. The molecule has 0 aromatic heterocycles. The van der Waals surface area contributed by atoms with Gasteiger partial charge in [-0.3, -0.25) is 0 Å². The number of hydrogen-bond donors (Lipinski definition) is 1. The Morgan fingerprint density at radius 2 is 1.62 bits per heavy atom. The molecule has 0 atom stereocenters. The molecule has 13 heavy (non-hydrogen) atoms. The molecule has 0 aliphatic carbocycles. The van der Waals surface area contributed by atoms with Gasteiger partial charge in [0.05, 0.1) is 0 Å². The van der Waals surface area contributed by atoms with Gasteiger partial charge in [-0.05, 0) is 29.0 Å². The highest BCUT2D eigenvalue weighted by molar-refractivity contribution is 5.39. The Labute approximate surface area is 80.4 Å². The number of aromatic hydroxyl groups is 1. The molecule has 1 rings (SSSR count). The smallest absolute Gasteiger partial charge is 0.119 e. The van der Waals surface area contributed by atoms with E-state index in [0.29, 0.717) is 17.6 Å². The molecule has 72 valence electrons. The van der Waals surface area contributed by atoms with Crippen LogP contribution >= 0.6 is 0 Å². The van der Waals surface area contributed by atoms with E-state index in [4.69, 9.17) is 0 Å². The molecule has 0 unspecified atom stereocenters. The quantitative estimate of drug-likeness (QED) is 0.733. The Kier molecular flexibility index (Phi) is 2.97. The van der Waals surface area contributed by atoms with Crippen LogP contribution in [0.15, 0.2) is 18.2 Å². The average molecular weight is 178 g/mol. The fourth-order valence-electron chi connectivity index (χ4n) is 1.41. The van der Waals surface area contributed by atoms with Gasteiger partial charge in [0.25, 0.3) is 0 Å². The lowest BCUT2D eigenvalue weighted by molar-refractivity contribution is 0.463. The lowest BCUT2D eigenvalue weighted by atomic mass is 9.96. The summed E-state index contributed by atoms with van der Waals surface area (Å²) in [6, 6.07) is 6.00. The minimum absolute atomic E-state index is 0.390. The Morgan fingerprint density at radius 3 is 2.00 bits per heavy atom. The van der Waals surface area contributed by atoms with Crippen molar-refractivity contribution in [2.75, 3.05) is 0 Å². The van der Waals surface area contributed by atoms with Crippen LogP contribution in [0.5, 0.6) is 5.75 Å². The van der Waals surface area contributed by atoms with Crippen molar-refractivity contribution in [3.8, 4) is 5.75 Å². The topological polar surface area (TPSA) is 20.2 Å². The fourth-order valence-corrected chi connectivity index (χ4v) is 1.41. The van der Waals surface area contributed by atoms with E-state index in [1.807, 2.05) is 12.1 Å². The van der Waals surface area contributed by atoms with Gasteiger partial charge in [0.2, 0.25) is 0 Å². The largest absolute Gasteiger partial charge is 0.508 e. The van der Waals surface area contributed by atoms with Crippen LogP contribution in [0.3, 0.4) is 0 Å². The van der Waals surface area contributed by atoms with Crippen molar-refractivity contribution in [3.63, 3.8) is 0 Å². The molecule has 0 aliphatic heterocycles. The van der Waals surface area contributed by atoms with Crippen LogP contribution in [-0.2, 0) is 0 Å². The first-order valence-electron chi connectivity index (χ1n) is 4.85. The van der Waals surface area contributed by atoms with Crippen molar-refractivity contribution in [3.05, 3.63) is 29.3 Å². The van der Waals surface area contributed by atoms with Crippen molar-refractivity contribution in [2.45, 2.75) is 39.5 Å². The highest BCUT2D eigenvalue weighted by Gasteiger charge is 2.07. The monoisotopic (exact) mass is 178 g/mol. The molecule has 1 aromatic rings. The van der Waals surface area contributed by atoms with Gasteiger partial charge in [0.15, 0.2) is 0 Å². The van der Waals surface area contributed by atoms with Crippen LogP contribution in [0.2, 0.25) is 0 Å². The molecule has 1 N–H and O–H groups in total. The van der Waals surface area contributed by atoms with Crippen molar-refractivity contribution < 1.29 is 5.11 Å². The summed E-state index contributed by atoms with van der Waals surface area (Å²) in [5, 5.41) is 9.71. The van der Waals surface area contributed by atoms with Crippen molar-refractivity contribution >= 4 is 0 Å². The third-order valence-electron chi connectivity index (χ3n) is 2.34. The minimum atomic E-state index is 0.390. The van der Waals surface area contributed by atoms with E-state index in [9.17, 15) is 5.11 Å². The molecular formula is C12H18O. The molecule has 0 amide bonds. The first-order valence-corrected chi connectivity index (χ1v) is 4.85. The summed E-state index contributed by atoms with van der Waals surface area (Å²) < 4.78 is 0. The summed E-state index contributed by atoms with van der Waals surface area (Å²) in [5.74, 6) is 1.30. The molecule has 0 aliphatic rings. The van der Waals surface area contributed by atoms with Gasteiger partial charge in [-0.15, -0.1) is 0 Å². The predicted octanol–water partition coefficient (Wildman–Crippen LogP) is 3.64. The molecule has 0 bridgehead atoms. The summed E-state index contributed by atoms with van der Waals surface area (Å²) in [5.41, 5.74) is 2.23. The summed E-state index contributed by atoms with van der Waals surface area (Å²) in [4.78, 5) is 0. The van der Waals surface area contributed by atoms with Gasteiger partial charge >= 0.3 is 0 Å². The van der Waals surface area contributed by atoms with Crippen molar-refractivity contribution in [2.24, 2.45) is 0 Å². The maximum atomic E-state index is 9.71. The summed E-state index contributed by atoms with van der Waals surface area (Å²) in [7, 11) is 0. The average Bonchev–Trinajstić information content (AvgIpc) is 2.03. The number of rotatable bonds is 2. The molecule has 0 saturated heterocycles. The Morgan fingerprint density at radius 1 is 1.00 bits per heavy atom. The van der Waals surface area contributed by atoms with Crippen LogP contribution in [0, 0.1) is 0 Å². The number of hydrogen-bond acceptors (Lipinski definition) is 1. The zero-order chi connectivity index (χ0) is 10.0. The molecule has 1 nitrogen and oxygen atoms in total. The van der Waals surface area contributed by atoms with Gasteiger partial charge in [-0.1, -0.05) is 39.8 Å². The van der Waals surface area contributed by atoms with E-state index >= 15 is 0 Å². The highest BCUT2D eigenvalue weighted by Crippen LogP contribution is 2.28. The maximum Gasteiger partial charge on any atom is 0.119 e. The molecule has 1 heteroatoms.